The van der Waals surface area contributed by atoms with Gasteiger partial charge in [-0.05, 0) is 65.6 Å². The number of allylic oxidation sites excluding steroid dienone is 5. The Bertz CT molecular complexity index is 2020. The predicted octanol–water partition coefficient (Wildman–Crippen LogP) is 7.99. The van der Waals surface area contributed by atoms with Crippen molar-refractivity contribution in [3.63, 3.8) is 0 Å². The van der Waals surface area contributed by atoms with Crippen LogP contribution in [0, 0.1) is 0 Å². The molecule has 0 unspecified atom stereocenters. The molecule has 0 saturated carbocycles. The fraction of sp³-hybridized carbons (Fsp3) is 0.300. The number of hydrogen-bond donors (Lipinski definition) is 0. The molecule has 0 fully saturated rings. The summed E-state index contributed by atoms with van der Waals surface area (Å²) in [6, 6.07) is 25.7. The Hall–Kier alpha value is -4.44. The number of rotatable bonds is 6. The summed E-state index contributed by atoms with van der Waals surface area (Å²) < 4.78 is 2.32. The number of carbonyl (C=O) groups is 1. The predicted molar refractivity (Wildman–Crippen MR) is 180 cm³/mol. The highest BCUT2D eigenvalue weighted by atomic mass is 16.3. The topological polar surface area (TPSA) is 46.4 Å². The fourth-order valence-corrected chi connectivity index (χ4v) is 7.89. The highest BCUT2D eigenvalue weighted by Crippen LogP contribution is 2.52. The number of nitrogens with zero attached hydrogens (tertiary/aromatic N) is 2. The minimum Gasteiger partial charge on any atom is -0.871 e. The van der Waals surface area contributed by atoms with E-state index in [2.05, 4.69) is 124 Å². The molecule has 0 amide bonds. The van der Waals surface area contributed by atoms with E-state index in [1.165, 1.54) is 44.0 Å². The molecule has 4 nitrogen and oxygen atoms in total. The molecule has 222 valence electrons. The van der Waals surface area contributed by atoms with Gasteiger partial charge in [0.25, 0.3) is 0 Å². The first-order valence-corrected chi connectivity index (χ1v) is 16.0. The smallest absolute Gasteiger partial charge is 0.210 e. The lowest BCUT2D eigenvalue weighted by Gasteiger charge is -2.33. The molecule has 0 radical (unpaired) electrons. The van der Waals surface area contributed by atoms with Crippen molar-refractivity contribution >= 4 is 44.4 Å². The summed E-state index contributed by atoms with van der Waals surface area (Å²) in [7, 11) is 0. The third kappa shape index (κ3) is 3.89. The molecule has 2 aliphatic heterocycles. The van der Waals surface area contributed by atoms with Crippen LogP contribution in [0.2, 0.25) is 0 Å². The summed E-state index contributed by atoms with van der Waals surface area (Å²) in [6.07, 6.45) is 5.70. The Labute approximate surface area is 260 Å². The van der Waals surface area contributed by atoms with Crippen LogP contribution in [-0.2, 0) is 15.6 Å². The fourth-order valence-electron chi connectivity index (χ4n) is 7.89. The summed E-state index contributed by atoms with van der Waals surface area (Å²) in [5.74, 6) is -0.313. The van der Waals surface area contributed by atoms with Gasteiger partial charge >= 0.3 is 0 Å². The van der Waals surface area contributed by atoms with Crippen molar-refractivity contribution in [1.82, 2.24) is 0 Å². The van der Waals surface area contributed by atoms with Crippen LogP contribution in [0.5, 0.6) is 0 Å². The number of anilines is 1. The molecule has 0 saturated heterocycles. The van der Waals surface area contributed by atoms with E-state index < -0.39 is 0 Å². The molecule has 0 N–H and O–H groups in total. The molecule has 4 aromatic carbocycles. The zero-order valence-corrected chi connectivity index (χ0v) is 26.6. The minimum absolute atomic E-state index is 0.156. The molecule has 44 heavy (non-hydrogen) atoms. The summed E-state index contributed by atoms with van der Waals surface area (Å²) in [4.78, 5) is 16.2. The first-order chi connectivity index (χ1) is 21.1. The number of benzene rings is 4. The average molecular weight is 581 g/mol. The van der Waals surface area contributed by atoms with Crippen LogP contribution in [0.15, 0.2) is 108 Å². The van der Waals surface area contributed by atoms with Gasteiger partial charge in [-0.2, -0.15) is 4.58 Å². The van der Waals surface area contributed by atoms with Gasteiger partial charge in [0.2, 0.25) is 5.69 Å². The van der Waals surface area contributed by atoms with Gasteiger partial charge in [0.15, 0.2) is 11.5 Å². The van der Waals surface area contributed by atoms with E-state index in [-0.39, 0.29) is 22.4 Å². The lowest BCUT2D eigenvalue weighted by Crippen LogP contribution is -2.35. The maximum atomic E-state index is 13.8. The Morgan fingerprint density at radius 3 is 2.05 bits per heavy atom. The number of hydrogen-bond acceptors (Lipinski definition) is 3. The van der Waals surface area contributed by atoms with E-state index in [1.54, 1.807) is 0 Å². The highest BCUT2D eigenvalue weighted by Gasteiger charge is 2.47. The highest BCUT2D eigenvalue weighted by molar-refractivity contribution is 6.24. The third-order valence-corrected chi connectivity index (χ3v) is 9.94. The van der Waals surface area contributed by atoms with Crippen LogP contribution < -0.4 is 10.0 Å². The van der Waals surface area contributed by atoms with Crippen molar-refractivity contribution in [2.75, 3.05) is 18.0 Å². The summed E-state index contributed by atoms with van der Waals surface area (Å²) in [6.45, 7) is 14.8. The maximum Gasteiger partial charge on any atom is 0.210 e. The van der Waals surface area contributed by atoms with Gasteiger partial charge in [0.05, 0.1) is 5.41 Å². The van der Waals surface area contributed by atoms with Gasteiger partial charge in [0.1, 0.15) is 6.54 Å². The Balaban J connectivity index is 1.34. The molecule has 0 atom stereocenters. The van der Waals surface area contributed by atoms with Crippen molar-refractivity contribution in [2.24, 2.45) is 0 Å². The normalized spacial score (nSPS) is 20.3. The van der Waals surface area contributed by atoms with E-state index in [0.717, 1.165) is 37.3 Å². The standard InChI is InChI=1S/C40H40N2O2/c1-7-21-41-31-19-17-25-13-9-11-15-27(25)35(31)39(3,4)33(41)23-29-37(43)30(38(29)44)24-34-40(5,6)36-28-16-12-10-14-26(28)18-20-32(36)42(34)22-8-2/h9-20,23-24H,7-8,21-22H2,1-6H3. The first kappa shape index (κ1) is 28.3. The summed E-state index contributed by atoms with van der Waals surface area (Å²) in [5.41, 5.74) is 6.74. The van der Waals surface area contributed by atoms with Crippen molar-refractivity contribution in [3.05, 3.63) is 119 Å². The second kappa shape index (κ2) is 10.1. The zero-order chi connectivity index (χ0) is 31.0. The Kier molecular flexibility index (Phi) is 6.47. The van der Waals surface area contributed by atoms with Gasteiger partial charge in [-0.25, -0.2) is 0 Å². The first-order valence-electron chi connectivity index (χ1n) is 16.0. The van der Waals surface area contributed by atoms with Crippen molar-refractivity contribution in [1.29, 1.82) is 0 Å². The molecular formula is C40H40N2O2. The molecule has 4 heteroatoms. The number of fused-ring (bicyclic) bond motifs is 6. The van der Waals surface area contributed by atoms with Gasteiger partial charge in [-0.1, -0.05) is 88.1 Å². The molecule has 0 spiro atoms. The lowest BCUT2D eigenvalue weighted by atomic mass is 9.76. The maximum absolute atomic E-state index is 13.8. The van der Waals surface area contributed by atoms with Gasteiger partial charge in [-0.3, -0.25) is 4.79 Å². The van der Waals surface area contributed by atoms with E-state index in [1.807, 2.05) is 12.2 Å². The third-order valence-electron chi connectivity index (χ3n) is 9.94. The van der Waals surface area contributed by atoms with Crippen LogP contribution >= 0.6 is 0 Å². The lowest BCUT2D eigenvalue weighted by molar-refractivity contribution is -0.437. The zero-order valence-electron chi connectivity index (χ0n) is 26.6. The van der Waals surface area contributed by atoms with Gasteiger partial charge < -0.3 is 10.0 Å². The molecular weight excluding hydrogens is 540 g/mol. The molecule has 0 aromatic heterocycles. The number of ketones is 1. The van der Waals surface area contributed by atoms with Crippen LogP contribution in [0.4, 0.5) is 11.4 Å². The van der Waals surface area contributed by atoms with Crippen LogP contribution in [0.1, 0.15) is 65.5 Å². The largest absolute Gasteiger partial charge is 0.871 e. The number of Topliss-reactive ketones (excluding diaryl/α,β-unsaturated/α-hetero) is 1. The second-order valence-corrected chi connectivity index (χ2v) is 13.5. The SMILES string of the molecule is CCCN1/C(=C\C2=C([O-])C(=C/C3=[N+](CCC)c4ccc5ccccc5c4C3(C)C)/C2=O)C(C)(C)c2c1ccc1ccccc21. The van der Waals surface area contributed by atoms with Gasteiger partial charge in [-0.15, -0.1) is 0 Å². The van der Waals surface area contributed by atoms with Gasteiger partial charge in [0, 0.05) is 58.6 Å². The average Bonchev–Trinajstić information content (AvgIpc) is 3.37. The molecule has 0 bridgehead atoms. The van der Waals surface area contributed by atoms with E-state index in [9.17, 15) is 9.90 Å². The van der Waals surface area contributed by atoms with E-state index >= 15 is 0 Å². The second-order valence-electron chi connectivity index (χ2n) is 13.5. The summed E-state index contributed by atoms with van der Waals surface area (Å²) in [5, 5.41) is 18.7. The Morgan fingerprint density at radius 2 is 1.41 bits per heavy atom. The van der Waals surface area contributed by atoms with E-state index in [4.69, 9.17) is 0 Å². The van der Waals surface area contributed by atoms with Crippen molar-refractivity contribution in [3.8, 4) is 0 Å². The molecule has 1 aliphatic carbocycles. The van der Waals surface area contributed by atoms with Crippen LogP contribution in [-0.4, -0.2) is 29.2 Å². The van der Waals surface area contributed by atoms with Crippen molar-refractivity contribution in [2.45, 2.75) is 65.2 Å². The monoisotopic (exact) mass is 580 g/mol. The van der Waals surface area contributed by atoms with Crippen LogP contribution in [0.3, 0.4) is 0 Å². The molecule has 3 aliphatic rings. The minimum atomic E-state index is -0.360. The Morgan fingerprint density at radius 1 is 0.773 bits per heavy atom. The van der Waals surface area contributed by atoms with Crippen LogP contribution in [0.25, 0.3) is 21.5 Å². The van der Waals surface area contributed by atoms with Crippen molar-refractivity contribution < 1.29 is 14.5 Å². The molecule has 4 aromatic rings. The molecule has 7 rings (SSSR count). The quantitative estimate of drug-likeness (QED) is 0.172. The van der Waals surface area contributed by atoms with E-state index in [0.29, 0.717) is 11.1 Å². The number of carbonyl (C=O) groups excluding carboxylic acids is 1. The molecule has 2 heterocycles. The summed E-state index contributed by atoms with van der Waals surface area (Å²) >= 11 is 0.